The molecule has 1 amide bonds. The molecule has 1 aromatic rings. The number of pyridine rings is 1. The number of ether oxygens (including phenoxy) is 1. The quantitative estimate of drug-likeness (QED) is 0.903. The van der Waals surface area contributed by atoms with E-state index in [1.807, 2.05) is 0 Å². The molecule has 1 atom stereocenters. The third-order valence-electron chi connectivity index (χ3n) is 4.73. The average molecular weight is 304 g/mol. The first-order valence-corrected chi connectivity index (χ1v) is 7.64. The van der Waals surface area contributed by atoms with Crippen LogP contribution >= 0.6 is 0 Å². The van der Waals surface area contributed by atoms with E-state index in [0.29, 0.717) is 24.3 Å². The predicted octanol–water partition coefficient (Wildman–Crippen LogP) is 1.91. The van der Waals surface area contributed by atoms with Crippen LogP contribution < -0.4 is 0 Å². The van der Waals surface area contributed by atoms with Gasteiger partial charge in [0.2, 0.25) is 0 Å². The molecular weight excluding hydrogens is 284 g/mol. The second-order valence-electron chi connectivity index (χ2n) is 6.21. The lowest BCUT2D eigenvalue weighted by Gasteiger charge is -2.42. The van der Waals surface area contributed by atoms with Gasteiger partial charge in [-0.25, -0.2) is 4.79 Å². The van der Waals surface area contributed by atoms with Crippen molar-refractivity contribution in [2.45, 2.75) is 44.4 Å². The largest absolute Gasteiger partial charge is 0.480 e. The Labute approximate surface area is 129 Å². The van der Waals surface area contributed by atoms with Gasteiger partial charge in [-0.2, -0.15) is 0 Å². The number of nitrogens with zero attached hydrogens (tertiary/aromatic N) is 2. The summed E-state index contributed by atoms with van der Waals surface area (Å²) in [5, 5.41) is 9.46. The number of aromatic nitrogens is 1. The van der Waals surface area contributed by atoms with Crippen LogP contribution in [0.5, 0.6) is 0 Å². The molecule has 1 saturated carbocycles. The summed E-state index contributed by atoms with van der Waals surface area (Å²) >= 11 is 0. The summed E-state index contributed by atoms with van der Waals surface area (Å²) in [6.07, 6.45) is 6.29. The maximum Gasteiger partial charge on any atom is 0.328 e. The molecule has 6 nitrogen and oxygen atoms in total. The molecular formula is C16H20N2O4. The molecule has 0 radical (unpaired) electrons. The summed E-state index contributed by atoms with van der Waals surface area (Å²) in [7, 11) is 0. The van der Waals surface area contributed by atoms with Crippen molar-refractivity contribution in [2.24, 2.45) is 5.92 Å². The number of aliphatic carboxylic acids is 1. The second-order valence-corrected chi connectivity index (χ2v) is 6.21. The number of hydrogen-bond acceptors (Lipinski definition) is 4. The molecule has 2 fully saturated rings. The predicted molar refractivity (Wildman–Crippen MR) is 78.1 cm³/mol. The van der Waals surface area contributed by atoms with Crippen LogP contribution in [0.4, 0.5) is 0 Å². The van der Waals surface area contributed by atoms with Crippen molar-refractivity contribution >= 4 is 11.9 Å². The van der Waals surface area contributed by atoms with Crippen LogP contribution in [0.3, 0.4) is 0 Å². The summed E-state index contributed by atoms with van der Waals surface area (Å²) in [4.78, 5) is 29.8. The Balaban J connectivity index is 1.94. The van der Waals surface area contributed by atoms with Crippen LogP contribution in [0.15, 0.2) is 24.5 Å². The number of carboxylic acids is 1. The Bertz CT molecular complexity index is 567. The molecule has 2 heterocycles. The number of amides is 1. The van der Waals surface area contributed by atoms with Crippen molar-refractivity contribution in [2.75, 3.05) is 6.61 Å². The van der Waals surface area contributed by atoms with Gasteiger partial charge in [0.05, 0.1) is 12.2 Å². The molecule has 1 N–H and O–H groups in total. The molecule has 0 aromatic carbocycles. The minimum absolute atomic E-state index is 0.0513. The first-order chi connectivity index (χ1) is 10.5. The first kappa shape index (κ1) is 15.0. The molecule has 22 heavy (non-hydrogen) atoms. The molecule has 1 aliphatic heterocycles. The van der Waals surface area contributed by atoms with Crippen LogP contribution in [0.1, 0.15) is 43.0 Å². The van der Waals surface area contributed by atoms with Gasteiger partial charge in [-0.05, 0) is 43.7 Å². The van der Waals surface area contributed by atoms with E-state index in [0.717, 1.165) is 12.8 Å². The molecule has 118 valence electrons. The standard InChI is InChI=1S/C16H20N2O4/c1-11-4-6-16(7-5-11)18(13(10-22-16)15(20)21)14(19)12-3-2-8-17-9-12/h2-3,8-9,11,13H,4-7,10H2,1H3,(H,20,21)/t11?,13-,16?/m0/s1. The van der Waals surface area contributed by atoms with E-state index in [1.54, 1.807) is 18.3 Å². The lowest BCUT2D eigenvalue weighted by Crippen LogP contribution is -2.55. The third-order valence-corrected chi connectivity index (χ3v) is 4.73. The van der Waals surface area contributed by atoms with Gasteiger partial charge in [-0.3, -0.25) is 14.7 Å². The number of carboxylic acid groups (broad SMARTS) is 1. The maximum atomic E-state index is 12.9. The highest BCUT2D eigenvalue weighted by molar-refractivity contribution is 5.97. The molecule has 3 rings (SSSR count). The normalized spacial score (nSPS) is 31.4. The summed E-state index contributed by atoms with van der Waals surface area (Å²) < 4.78 is 5.86. The monoisotopic (exact) mass is 304 g/mol. The SMILES string of the molecule is CC1CCC2(CC1)OC[C@@H](C(=O)O)N2C(=O)c1cccnc1. The molecule has 6 heteroatoms. The number of hydrogen-bond donors (Lipinski definition) is 1. The second kappa shape index (κ2) is 5.68. The molecule has 1 saturated heterocycles. The summed E-state index contributed by atoms with van der Waals surface area (Å²) in [5.41, 5.74) is -0.375. The zero-order chi connectivity index (χ0) is 15.7. The number of carbonyl (C=O) groups excluding carboxylic acids is 1. The van der Waals surface area contributed by atoms with Crippen LogP contribution in [-0.2, 0) is 9.53 Å². The van der Waals surface area contributed by atoms with E-state index in [9.17, 15) is 14.7 Å². The van der Waals surface area contributed by atoms with Crippen molar-refractivity contribution in [3.63, 3.8) is 0 Å². The summed E-state index contributed by atoms with van der Waals surface area (Å²) in [6, 6.07) is 2.41. The van der Waals surface area contributed by atoms with Gasteiger partial charge in [0.1, 0.15) is 5.72 Å². The van der Waals surface area contributed by atoms with Gasteiger partial charge in [-0.1, -0.05) is 6.92 Å². The van der Waals surface area contributed by atoms with Gasteiger partial charge in [0, 0.05) is 12.4 Å². The lowest BCUT2D eigenvalue weighted by atomic mass is 9.83. The highest BCUT2D eigenvalue weighted by Gasteiger charge is 2.53. The topological polar surface area (TPSA) is 79.7 Å². The average Bonchev–Trinajstić information content (AvgIpc) is 2.90. The van der Waals surface area contributed by atoms with Gasteiger partial charge in [-0.15, -0.1) is 0 Å². The minimum atomic E-state index is -1.02. The van der Waals surface area contributed by atoms with Crippen LogP contribution in [0, 0.1) is 5.92 Å². The molecule has 1 aromatic heterocycles. The third kappa shape index (κ3) is 2.47. The van der Waals surface area contributed by atoms with E-state index < -0.39 is 17.7 Å². The molecule has 1 spiro atoms. The Hall–Kier alpha value is -1.95. The number of carbonyl (C=O) groups is 2. The minimum Gasteiger partial charge on any atom is -0.480 e. The summed E-state index contributed by atoms with van der Waals surface area (Å²) in [5.74, 6) is -0.756. The molecule has 2 aliphatic rings. The van der Waals surface area contributed by atoms with Crippen molar-refractivity contribution in [1.82, 2.24) is 9.88 Å². The van der Waals surface area contributed by atoms with Crippen molar-refractivity contribution < 1.29 is 19.4 Å². The van der Waals surface area contributed by atoms with Gasteiger partial charge < -0.3 is 9.84 Å². The van der Waals surface area contributed by atoms with Crippen LogP contribution in [-0.4, -0.2) is 45.2 Å². The van der Waals surface area contributed by atoms with E-state index in [2.05, 4.69) is 11.9 Å². The first-order valence-electron chi connectivity index (χ1n) is 7.64. The highest BCUT2D eigenvalue weighted by Crippen LogP contribution is 2.42. The van der Waals surface area contributed by atoms with Crippen LogP contribution in [0.2, 0.25) is 0 Å². The van der Waals surface area contributed by atoms with E-state index in [1.165, 1.54) is 11.1 Å². The molecule has 0 bridgehead atoms. The van der Waals surface area contributed by atoms with E-state index in [-0.39, 0.29) is 12.5 Å². The van der Waals surface area contributed by atoms with Crippen molar-refractivity contribution in [1.29, 1.82) is 0 Å². The maximum absolute atomic E-state index is 12.9. The van der Waals surface area contributed by atoms with Gasteiger partial charge in [0.25, 0.3) is 5.91 Å². The van der Waals surface area contributed by atoms with Crippen molar-refractivity contribution in [3.8, 4) is 0 Å². The summed E-state index contributed by atoms with van der Waals surface area (Å²) in [6.45, 7) is 2.22. The smallest absolute Gasteiger partial charge is 0.328 e. The van der Waals surface area contributed by atoms with Crippen molar-refractivity contribution in [3.05, 3.63) is 30.1 Å². The Morgan fingerprint density at radius 2 is 2.14 bits per heavy atom. The molecule has 0 unspecified atom stereocenters. The fraction of sp³-hybridized carbons (Fsp3) is 0.562. The fourth-order valence-corrected chi connectivity index (χ4v) is 3.40. The Kier molecular flexibility index (Phi) is 3.87. The zero-order valence-electron chi connectivity index (χ0n) is 12.6. The number of rotatable bonds is 2. The van der Waals surface area contributed by atoms with Gasteiger partial charge in [0.15, 0.2) is 6.04 Å². The van der Waals surface area contributed by atoms with E-state index >= 15 is 0 Å². The molecule has 1 aliphatic carbocycles. The lowest BCUT2D eigenvalue weighted by molar-refractivity contribution is -0.143. The zero-order valence-corrected chi connectivity index (χ0v) is 12.6. The van der Waals surface area contributed by atoms with Crippen LogP contribution in [0.25, 0.3) is 0 Å². The Morgan fingerprint density at radius 3 is 2.73 bits per heavy atom. The van der Waals surface area contributed by atoms with E-state index in [4.69, 9.17) is 4.74 Å². The fourth-order valence-electron chi connectivity index (χ4n) is 3.40. The van der Waals surface area contributed by atoms with Gasteiger partial charge >= 0.3 is 5.97 Å². The highest BCUT2D eigenvalue weighted by atomic mass is 16.5. The Morgan fingerprint density at radius 1 is 1.41 bits per heavy atom.